The van der Waals surface area contributed by atoms with Crippen LogP contribution >= 0.6 is 0 Å². The van der Waals surface area contributed by atoms with Crippen LogP contribution in [0.5, 0.6) is 0 Å². The number of ketones is 2. The zero-order valence-electron chi connectivity index (χ0n) is 12.2. The van der Waals surface area contributed by atoms with Crippen LogP contribution in [-0.4, -0.2) is 16.7 Å². The Morgan fingerprint density at radius 1 is 0.857 bits per heavy atom. The summed E-state index contributed by atoms with van der Waals surface area (Å²) in [6.45, 7) is 5.80. The minimum absolute atomic E-state index is 0.292. The van der Waals surface area contributed by atoms with Gasteiger partial charge in [0.1, 0.15) is 0 Å². The van der Waals surface area contributed by atoms with E-state index in [0.29, 0.717) is 16.7 Å². The summed E-state index contributed by atoms with van der Waals surface area (Å²) in [4.78, 5) is 25.1. The molecule has 0 atom stereocenters. The first-order valence-corrected chi connectivity index (χ1v) is 6.86. The third kappa shape index (κ3) is 1.71. The van der Waals surface area contributed by atoms with Gasteiger partial charge in [-0.25, -0.2) is 0 Å². The first-order valence-electron chi connectivity index (χ1n) is 6.86. The van der Waals surface area contributed by atoms with Crippen LogP contribution in [0, 0.1) is 20.8 Å². The van der Waals surface area contributed by atoms with Gasteiger partial charge < -0.3 is 5.11 Å². The molecule has 21 heavy (non-hydrogen) atoms. The fraction of sp³-hybridized carbons (Fsp3) is 0.222. The van der Waals surface area contributed by atoms with Crippen molar-refractivity contribution < 1.29 is 14.7 Å². The predicted molar refractivity (Wildman–Crippen MR) is 79.7 cm³/mol. The van der Waals surface area contributed by atoms with Crippen LogP contribution in [0.25, 0.3) is 0 Å². The summed E-state index contributed by atoms with van der Waals surface area (Å²) in [5.74, 6) is -1.07. The molecule has 3 rings (SSSR count). The Kier molecular flexibility index (Phi) is 2.85. The van der Waals surface area contributed by atoms with Gasteiger partial charge in [0.25, 0.3) is 0 Å². The van der Waals surface area contributed by atoms with Crippen LogP contribution in [0.1, 0.15) is 43.0 Å². The second-order valence-electron chi connectivity index (χ2n) is 5.65. The Balaban J connectivity index is 2.24. The molecule has 1 N–H and O–H groups in total. The van der Waals surface area contributed by atoms with E-state index in [2.05, 4.69) is 0 Å². The third-order valence-electron chi connectivity index (χ3n) is 4.42. The number of carbonyl (C=O) groups excluding carboxylic acids is 2. The van der Waals surface area contributed by atoms with Crippen molar-refractivity contribution in [2.75, 3.05) is 0 Å². The van der Waals surface area contributed by atoms with E-state index < -0.39 is 17.2 Å². The third-order valence-corrected chi connectivity index (χ3v) is 4.42. The zero-order valence-corrected chi connectivity index (χ0v) is 12.2. The molecule has 106 valence electrons. The van der Waals surface area contributed by atoms with Gasteiger partial charge in [-0.05, 0) is 43.0 Å². The van der Waals surface area contributed by atoms with Crippen LogP contribution in [0.15, 0.2) is 36.4 Å². The summed E-state index contributed by atoms with van der Waals surface area (Å²) in [5, 5.41) is 10.9. The molecule has 0 radical (unpaired) electrons. The molecule has 3 nitrogen and oxygen atoms in total. The molecule has 0 saturated carbocycles. The molecule has 0 unspecified atom stereocenters. The molecule has 0 heterocycles. The maximum Gasteiger partial charge on any atom is 0.216 e. The number of benzene rings is 2. The number of carbonyl (C=O) groups is 2. The fourth-order valence-corrected chi connectivity index (χ4v) is 2.88. The number of fused-ring (bicyclic) bond motifs is 1. The number of hydrogen-bond acceptors (Lipinski definition) is 3. The van der Waals surface area contributed by atoms with Gasteiger partial charge in [0.05, 0.1) is 0 Å². The lowest BCUT2D eigenvalue weighted by atomic mass is 9.85. The van der Waals surface area contributed by atoms with E-state index in [-0.39, 0.29) is 0 Å². The normalized spacial score (nSPS) is 16.2. The molecule has 0 fully saturated rings. The lowest BCUT2D eigenvalue weighted by molar-refractivity contribution is 0.0321. The SMILES string of the molecule is Cc1cc(C2(O)C(=O)c3ccccc3C2=O)cc(C)c1C. The van der Waals surface area contributed by atoms with E-state index in [9.17, 15) is 14.7 Å². The fourth-order valence-electron chi connectivity index (χ4n) is 2.88. The number of aryl methyl sites for hydroxylation is 2. The molecule has 1 aliphatic carbocycles. The summed E-state index contributed by atoms with van der Waals surface area (Å²) in [5.41, 5.74) is 1.85. The van der Waals surface area contributed by atoms with Gasteiger partial charge in [-0.15, -0.1) is 0 Å². The highest BCUT2D eigenvalue weighted by atomic mass is 16.3. The van der Waals surface area contributed by atoms with Crippen molar-refractivity contribution in [3.8, 4) is 0 Å². The molecular weight excluding hydrogens is 264 g/mol. The Morgan fingerprint density at radius 3 is 1.71 bits per heavy atom. The van der Waals surface area contributed by atoms with Gasteiger partial charge in [-0.2, -0.15) is 0 Å². The molecule has 2 aromatic carbocycles. The summed E-state index contributed by atoms with van der Waals surface area (Å²) < 4.78 is 0. The molecule has 3 heteroatoms. The second-order valence-corrected chi connectivity index (χ2v) is 5.65. The Morgan fingerprint density at radius 2 is 1.29 bits per heavy atom. The maximum atomic E-state index is 12.6. The molecule has 0 spiro atoms. The quantitative estimate of drug-likeness (QED) is 0.817. The first-order chi connectivity index (χ1) is 9.87. The number of hydrogen-bond donors (Lipinski definition) is 1. The van der Waals surface area contributed by atoms with Gasteiger partial charge in [0, 0.05) is 11.1 Å². The highest BCUT2D eigenvalue weighted by Gasteiger charge is 2.53. The van der Waals surface area contributed by atoms with Crippen molar-refractivity contribution in [3.05, 3.63) is 69.8 Å². The van der Waals surface area contributed by atoms with Gasteiger partial charge in [-0.3, -0.25) is 9.59 Å². The lowest BCUT2D eigenvalue weighted by Crippen LogP contribution is -2.38. The van der Waals surface area contributed by atoms with Crippen molar-refractivity contribution in [3.63, 3.8) is 0 Å². The van der Waals surface area contributed by atoms with Crippen molar-refractivity contribution >= 4 is 11.6 Å². The van der Waals surface area contributed by atoms with Gasteiger partial charge in [0.15, 0.2) is 0 Å². The number of aliphatic hydroxyl groups is 1. The smallest absolute Gasteiger partial charge is 0.216 e. The minimum atomic E-state index is -2.09. The molecule has 0 aromatic heterocycles. The Hall–Kier alpha value is -2.26. The van der Waals surface area contributed by atoms with Crippen LogP contribution in [0.4, 0.5) is 0 Å². The van der Waals surface area contributed by atoms with Crippen molar-refractivity contribution in [2.24, 2.45) is 0 Å². The molecule has 2 aromatic rings. The van der Waals surface area contributed by atoms with Gasteiger partial charge in [-0.1, -0.05) is 36.4 Å². The molecule has 0 aliphatic heterocycles. The summed E-state index contributed by atoms with van der Waals surface area (Å²) in [6.07, 6.45) is 0. The summed E-state index contributed by atoms with van der Waals surface area (Å²) in [7, 11) is 0. The Bertz CT molecular complexity index is 729. The highest BCUT2D eigenvalue weighted by Crippen LogP contribution is 2.38. The maximum absolute atomic E-state index is 12.6. The number of Topliss-reactive ketones (excluding diaryl/α,β-unsaturated/α-hetero) is 2. The number of rotatable bonds is 1. The van der Waals surface area contributed by atoms with Crippen LogP contribution in [0.2, 0.25) is 0 Å². The van der Waals surface area contributed by atoms with E-state index >= 15 is 0 Å². The van der Waals surface area contributed by atoms with Crippen LogP contribution < -0.4 is 0 Å². The Labute approximate surface area is 123 Å². The zero-order chi connectivity index (χ0) is 15.4. The molecular formula is C18H16O3. The lowest BCUT2D eigenvalue weighted by Gasteiger charge is -2.21. The van der Waals surface area contributed by atoms with E-state index in [0.717, 1.165) is 16.7 Å². The van der Waals surface area contributed by atoms with Crippen molar-refractivity contribution in [2.45, 2.75) is 26.4 Å². The monoisotopic (exact) mass is 280 g/mol. The first kappa shape index (κ1) is 13.7. The second kappa shape index (κ2) is 4.37. The van der Waals surface area contributed by atoms with Crippen molar-refractivity contribution in [1.29, 1.82) is 0 Å². The van der Waals surface area contributed by atoms with E-state index in [1.165, 1.54) is 0 Å². The van der Waals surface area contributed by atoms with Gasteiger partial charge >= 0.3 is 0 Å². The minimum Gasteiger partial charge on any atom is -0.370 e. The topological polar surface area (TPSA) is 54.4 Å². The average Bonchev–Trinajstić information content (AvgIpc) is 2.68. The highest BCUT2D eigenvalue weighted by molar-refractivity contribution is 6.31. The van der Waals surface area contributed by atoms with E-state index in [1.807, 2.05) is 20.8 Å². The average molecular weight is 280 g/mol. The standard InChI is InChI=1S/C18H16O3/c1-10-8-13(9-11(2)12(10)3)18(21)16(19)14-6-4-5-7-15(14)17(18)20/h4-9,21H,1-3H3. The van der Waals surface area contributed by atoms with Crippen molar-refractivity contribution in [1.82, 2.24) is 0 Å². The van der Waals surface area contributed by atoms with Gasteiger partial charge in [0.2, 0.25) is 17.2 Å². The van der Waals surface area contributed by atoms with Crippen LogP contribution in [-0.2, 0) is 5.60 Å². The van der Waals surface area contributed by atoms with Crippen LogP contribution in [0.3, 0.4) is 0 Å². The van der Waals surface area contributed by atoms with E-state index in [1.54, 1.807) is 36.4 Å². The summed E-state index contributed by atoms with van der Waals surface area (Å²) in [6, 6.07) is 10.0. The summed E-state index contributed by atoms with van der Waals surface area (Å²) >= 11 is 0. The predicted octanol–water partition coefficient (Wildman–Crippen LogP) is 2.88. The molecule has 0 saturated heterocycles. The molecule has 0 bridgehead atoms. The largest absolute Gasteiger partial charge is 0.370 e. The molecule has 0 amide bonds. The molecule has 1 aliphatic rings. The van der Waals surface area contributed by atoms with E-state index in [4.69, 9.17) is 0 Å².